The highest BCUT2D eigenvalue weighted by atomic mass is 14.2. The minimum atomic E-state index is 0.207. The Morgan fingerprint density at radius 1 is 1.11 bits per heavy atom. The highest BCUT2D eigenvalue weighted by Crippen LogP contribution is 2.33. The van der Waals surface area contributed by atoms with E-state index in [0.29, 0.717) is 5.92 Å². The van der Waals surface area contributed by atoms with Gasteiger partial charge in [-0.05, 0) is 29.9 Å². The maximum Gasteiger partial charge on any atom is 0.00367 e. The van der Waals surface area contributed by atoms with E-state index >= 15 is 0 Å². The summed E-state index contributed by atoms with van der Waals surface area (Å²) < 4.78 is 0. The van der Waals surface area contributed by atoms with Crippen LogP contribution in [0.25, 0.3) is 0 Å². The molecule has 0 bridgehead atoms. The maximum absolute atomic E-state index is 2.37. The molecule has 0 amide bonds. The largest absolute Gasteiger partial charge is 0.0742 e. The molecule has 0 radical (unpaired) electrons. The average Bonchev–Trinajstić information content (AvgIpc) is 2.64. The Balaban J connectivity index is 2.37. The molecule has 0 fully saturated rings. The Morgan fingerprint density at radius 2 is 1.78 bits per heavy atom. The second kappa shape index (κ2) is 5.14. The fourth-order valence-corrected chi connectivity index (χ4v) is 2.30. The summed E-state index contributed by atoms with van der Waals surface area (Å²) in [5.41, 5.74) is 4.44. The molecule has 0 aromatic rings. The van der Waals surface area contributed by atoms with Crippen LogP contribution in [0.3, 0.4) is 0 Å². The van der Waals surface area contributed by atoms with Crippen molar-refractivity contribution in [2.75, 3.05) is 0 Å². The predicted octanol–water partition coefficient (Wildman–Crippen LogP) is 5.37. The van der Waals surface area contributed by atoms with E-state index in [1.165, 1.54) is 16.7 Å². The standard InChI is InChI=1S/C18H24/c1-5-18(4)12-10-16-8-6-15(14(2)3)7-9-17(16)11-13-18/h6,8-14H,5,7H2,1-4H3. The molecule has 1 unspecified atom stereocenters. The van der Waals surface area contributed by atoms with Crippen LogP contribution < -0.4 is 0 Å². The van der Waals surface area contributed by atoms with Crippen molar-refractivity contribution in [2.45, 2.75) is 40.5 Å². The van der Waals surface area contributed by atoms with Crippen LogP contribution in [-0.2, 0) is 0 Å². The zero-order valence-corrected chi connectivity index (χ0v) is 12.0. The zero-order chi connectivity index (χ0) is 13.2. The summed E-state index contributed by atoms with van der Waals surface area (Å²) in [4.78, 5) is 0. The molecule has 2 rings (SSSR count). The molecule has 0 saturated heterocycles. The predicted molar refractivity (Wildman–Crippen MR) is 80.4 cm³/mol. The van der Waals surface area contributed by atoms with Crippen LogP contribution in [-0.4, -0.2) is 0 Å². The first-order chi connectivity index (χ1) is 8.54. The lowest BCUT2D eigenvalue weighted by molar-refractivity contribution is 0.531. The third-order valence-corrected chi connectivity index (χ3v) is 4.16. The number of hydrogen-bond acceptors (Lipinski definition) is 0. The molecule has 1 atom stereocenters. The van der Waals surface area contributed by atoms with Gasteiger partial charge in [0.15, 0.2) is 0 Å². The van der Waals surface area contributed by atoms with E-state index in [0.717, 1.165) is 12.8 Å². The van der Waals surface area contributed by atoms with Crippen molar-refractivity contribution >= 4 is 0 Å². The van der Waals surface area contributed by atoms with E-state index in [4.69, 9.17) is 0 Å². The van der Waals surface area contributed by atoms with Gasteiger partial charge in [-0.2, -0.15) is 0 Å². The van der Waals surface area contributed by atoms with Crippen molar-refractivity contribution in [3.63, 3.8) is 0 Å². The van der Waals surface area contributed by atoms with Crippen LogP contribution in [0.5, 0.6) is 0 Å². The van der Waals surface area contributed by atoms with Crippen LogP contribution >= 0.6 is 0 Å². The number of rotatable bonds is 2. The minimum Gasteiger partial charge on any atom is -0.0742 e. The number of hydrogen-bond donors (Lipinski definition) is 0. The molecule has 0 N–H and O–H groups in total. The summed E-state index contributed by atoms with van der Waals surface area (Å²) in [6.07, 6.45) is 18.4. The van der Waals surface area contributed by atoms with E-state index in [9.17, 15) is 0 Å². The molecular formula is C18H24. The van der Waals surface area contributed by atoms with Crippen LogP contribution in [0.4, 0.5) is 0 Å². The van der Waals surface area contributed by atoms with E-state index < -0.39 is 0 Å². The summed E-state index contributed by atoms with van der Waals surface area (Å²) in [5.74, 6) is 0.634. The molecule has 0 aromatic carbocycles. The lowest BCUT2D eigenvalue weighted by Gasteiger charge is -2.17. The summed E-state index contributed by atoms with van der Waals surface area (Å²) in [6.45, 7) is 9.07. The summed E-state index contributed by atoms with van der Waals surface area (Å²) in [7, 11) is 0. The lowest BCUT2D eigenvalue weighted by atomic mass is 9.87. The van der Waals surface area contributed by atoms with Crippen LogP contribution in [0.2, 0.25) is 0 Å². The molecule has 0 aliphatic heterocycles. The molecule has 0 heterocycles. The van der Waals surface area contributed by atoms with Crippen molar-refractivity contribution in [2.24, 2.45) is 11.3 Å². The normalized spacial score (nSPS) is 27.1. The Hall–Kier alpha value is -1.30. The first kappa shape index (κ1) is 13.1. The van der Waals surface area contributed by atoms with E-state index in [-0.39, 0.29) is 5.41 Å². The second-order valence-corrected chi connectivity index (χ2v) is 5.91. The molecular weight excluding hydrogens is 216 g/mol. The van der Waals surface area contributed by atoms with Gasteiger partial charge in [-0.1, -0.05) is 75.8 Å². The van der Waals surface area contributed by atoms with Gasteiger partial charge < -0.3 is 0 Å². The maximum atomic E-state index is 2.37. The van der Waals surface area contributed by atoms with Gasteiger partial charge in [-0.3, -0.25) is 0 Å². The van der Waals surface area contributed by atoms with Gasteiger partial charge in [0.05, 0.1) is 0 Å². The van der Waals surface area contributed by atoms with Crippen LogP contribution in [0, 0.1) is 11.3 Å². The third-order valence-electron chi connectivity index (χ3n) is 4.16. The fourth-order valence-electron chi connectivity index (χ4n) is 2.30. The topological polar surface area (TPSA) is 0 Å². The molecule has 2 aliphatic rings. The monoisotopic (exact) mass is 240 g/mol. The highest BCUT2D eigenvalue weighted by Gasteiger charge is 2.18. The second-order valence-electron chi connectivity index (χ2n) is 5.91. The molecule has 0 nitrogen and oxygen atoms in total. The Morgan fingerprint density at radius 3 is 2.39 bits per heavy atom. The smallest absolute Gasteiger partial charge is 0.00367 e. The van der Waals surface area contributed by atoms with Gasteiger partial charge in [-0.25, -0.2) is 0 Å². The molecule has 0 saturated carbocycles. The van der Waals surface area contributed by atoms with Gasteiger partial charge >= 0.3 is 0 Å². The fraction of sp³-hybridized carbons (Fsp3) is 0.444. The van der Waals surface area contributed by atoms with Gasteiger partial charge in [0, 0.05) is 5.41 Å². The summed E-state index contributed by atoms with van der Waals surface area (Å²) in [5, 5.41) is 0. The molecule has 0 heteroatoms. The summed E-state index contributed by atoms with van der Waals surface area (Å²) >= 11 is 0. The van der Waals surface area contributed by atoms with Gasteiger partial charge in [-0.15, -0.1) is 0 Å². The van der Waals surface area contributed by atoms with Gasteiger partial charge in [0.25, 0.3) is 0 Å². The Labute approximate surface area is 111 Å². The van der Waals surface area contributed by atoms with Crippen molar-refractivity contribution in [1.29, 1.82) is 0 Å². The Kier molecular flexibility index (Phi) is 3.75. The first-order valence-electron chi connectivity index (χ1n) is 7.04. The molecule has 0 aromatic heterocycles. The average molecular weight is 240 g/mol. The molecule has 0 spiro atoms. The van der Waals surface area contributed by atoms with E-state index in [2.05, 4.69) is 70.2 Å². The van der Waals surface area contributed by atoms with Crippen molar-refractivity contribution in [1.82, 2.24) is 0 Å². The molecule has 18 heavy (non-hydrogen) atoms. The molecule has 96 valence electrons. The van der Waals surface area contributed by atoms with Crippen LogP contribution in [0.1, 0.15) is 40.5 Å². The lowest BCUT2D eigenvalue weighted by Crippen LogP contribution is -2.06. The van der Waals surface area contributed by atoms with Gasteiger partial charge in [0.1, 0.15) is 0 Å². The number of allylic oxidation sites excluding steroid dienone is 10. The van der Waals surface area contributed by atoms with E-state index in [1.807, 2.05) is 0 Å². The Bertz CT molecular complexity index is 466. The highest BCUT2D eigenvalue weighted by molar-refractivity contribution is 5.53. The van der Waals surface area contributed by atoms with Crippen molar-refractivity contribution < 1.29 is 0 Å². The number of fused-ring (bicyclic) bond motifs is 1. The van der Waals surface area contributed by atoms with Crippen molar-refractivity contribution in [3.8, 4) is 0 Å². The van der Waals surface area contributed by atoms with Crippen molar-refractivity contribution in [3.05, 3.63) is 59.3 Å². The summed E-state index contributed by atoms with van der Waals surface area (Å²) in [6, 6.07) is 0. The SMILES string of the molecule is CCC1(C)C=CC2=CC=C(C(C)C)CC=C2C=C1. The van der Waals surface area contributed by atoms with Gasteiger partial charge in [0.2, 0.25) is 0 Å². The molecule has 2 aliphatic carbocycles. The quantitative estimate of drug-likeness (QED) is 0.609. The van der Waals surface area contributed by atoms with Crippen LogP contribution in [0.15, 0.2) is 59.3 Å². The first-order valence-corrected chi connectivity index (χ1v) is 7.04. The van der Waals surface area contributed by atoms with E-state index in [1.54, 1.807) is 0 Å². The minimum absolute atomic E-state index is 0.207. The third kappa shape index (κ3) is 2.75. The zero-order valence-electron chi connectivity index (χ0n) is 12.0.